The van der Waals surface area contributed by atoms with Gasteiger partial charge in [-0.2, -0.15) is 0 Å². The van der Waals surface area contributed by atoms with Gasteiger partial charge >= 0.3 is 5.97 Å². The van der Waals surface area contributed by atoms with E-state index >= 15 is 0 Å². The first-order valence-corrected chi connectivity index (χ1v) is 6.21. The minimum atomic E-state index is -0.235. The lowest BCUT2D eigenvalue weighted by atomic mass is 10.1. The summed E-state index contributed by atoms with van der Waals surface area (Å²) >= 11 is 0. The number of methoxy groups -OCH3 is 2. The molecule has 19 heavy (non-hydrogen) atoms. The van der Waals surface area contributed by atoms with Crippen LogP contribution in [0.5, 0.6) is 11.5 Å². The molecule has 0 saturated heterocycles. The lowest BCUT2D eigenvalue weighted by Gasteiger charge is -2.15. The predicted molar refractivity (Wildman–Crippen MR) is 72.3 cm³/mol. The van der Waals surface area contributed by atoms with Crippen molar-refractivity contribution in [1.82, 2.24) is 0 Å². The molecule has 1 rings (SSSR count). The Balaban J connectivity index is 2.62. The van der Waals surface area contributed by atoms with Crippen LogP contribution in [0.1, 0.15) is 31.4 Å². The molecule has 0 radical (unpaired) electrons. The smallest absolute Gasteiger partial charge is 0.305 e. The Morgan fingerprint density at radius 2 is 2.11 bits per heavy atom. The number of carbonyl (C=O) groups is 1. The third kappa shape index (κ3) is 4.79. The van der Waals surface area contributed by atoms with E-state index in [4.69, 9.17) is 15.2 Å². The second-order valence-electron chi connectivity index (χ2n) is 4.22. The number of nitrogens with two attached hydrogens (primary N) is 1. The summed E-state index contributed by atoms with van der Waals surface area (Å²) in [6, 6.07) is 5.41. The molecule has 0 fully saturated rings. The van der Waals surface area contributed by atoms with Gasteiger partial charge in [0, 0.05) is 24.1 Å². The van der Waals surface area contributed by atoms with Crippen molar-refractivity contribution >= 4 is 5.97 Å². The maximum absolute atomic E-state index is 11.0. The maximum Gasteiger partial charge on any atom is 0.305 e. The molecule has 0 unspecified atom stereocenters. The van der Waals surface area contributed by atoms with Gasteiger partial charge < -0.3 is 19.9 Å². The molecule has 0 amide bonds. The number of esters is 1. The minimum absolute atomic E-state index is 0.124. The Hall–Kier alpha value is -1.75. The molecular formula is C14H21NO4. The molecule has 1 aromatic rings. The normalized spacial score (nSPS) is 11.8. The van der Waals surface area contributed by atoms with Crippen LogP contribution in [0.25, 0.3) is 0 Å². The molecule has 0 bridgehead atoms. The van der Waals surface area contributed by atoms with Gasteiger partial charge in [-0.3, -0.25) is 4.79 Å². The van der Waals surface area contributed by atoms with Gasteiger partial charge in [-0.05, 0) is 19.4 Å². The summed E-state index contributed by atoms with van der Waals surface area (Å²) in [4.78, 5) is 11.0. The van der Waals surface area contributed by atoms with E-state index in [2.05, 4.69) is 4.74 Å². The average molecular weight is 267 g/mol. The van der Waals surface area contributed by atoms with E-state index in [-0.39, 0.29) is 12.0 Å². The van der Waals surface area contributed by atoms with Crippen molar-refractivity contribution in [2.24, 2.45) is 5.73 Å². The zero-order valence-corrected chi connectivity index (χ0v) is 11.6. The van der Waals surface area contributed by atoms with Crippen molar-refractivity contribution in [1.29, 1.82) is 0 Å². The molecule has 5 nitrogen and oxygen atoms in total. The first-order chi connectivity index (χ1) is 9.08. The molecule has 0 aliphatic rings. The molecule has 0 aliphatic heterocycles. The number of rotatable bonds is 7. The van der Waals surface area contributed by atoms with Gasteiger partial charge in [-0.1, -0.05) is 6.07 Å². The first kappa shape index (κ1) is 15.3. The number of carbonyl (C=O) groups excluding carboxylic acids is 1. The number of hydrogen-bond donors (Lipinski definition) is 1. The van der Waals surface area contributed by atoms with Gasteiger partial charge in [-0.15, -0.1) is 0 Å². The van der Waals surface area contributed by atoms with Crippen LogP contribution in [0.3, 0.4) is 0 Å². The molecule has 0 spiro atoms. The fourth-order valence-corrected chi connectivity index (χ4v) is 1.64. The Morgan fingerprint density at radius 3 is 2.68 bits per heavy atom. The lowest BCUT2D eigenvalue weighted by Crippen LogP contribution is -2.10. The molecule has 2 N–H and O–H groups in total. The maximum atomic E-state index is 11.0. The van der Waals surface area contributed by atoms with E-state index in [1.807, 2.05) is 19.1 Å². The summed E-state index contributed by atoms with van der Waals surface area (Å²) in [5.41, 5.74) is 6.80. The van der Waals surface area contributed by atoms with Crippen LogP contribution in [0.4, 0.5) is 0 Å². The zero-order chi connectivity index (χ0) is 14.3. The summed E-state index contributed by atoms with van der Waals surface area (Å²) in [5.74, 6) is 1.17. The molecule has 0 aromatic heterocycles. The minimum Gasteiger partial charge on any atom is -0.497 e. The van der Waals surface area contributed by atoms with Gasteiger partial charge in [0.25, 0.3) is 0 Å². The van der Waals surface area contributed by atoms with E-state index in [0.29, 0.717) is 30.9 Å². The van der Waals surface area contributed by atoms with Crippen molar-refractivity contribution in [2.75, 3.05) is 20.8 Å². The Bertz CT molecular complexity index is 418. The molecule has 1 aromatic carbocycles. The van der Waals surface area contributed by atoms with E-state index in [1.54, 1.807) is 13.2 Å². The van der Waals surface area contributed by atoms with Crippen LogP contribution >= 0.6 is 0 Å². The van der Waals surface area contributed by atoms with E-state index in [1.165, 1.54) is 7.11 Å². The van der Waals surface area contributed by atoms with Crippen LogP contribution < -0.4 is 15.2 Å². The van der Waals surface area contributed by atoms with Gasteiger partial charge in [0.15, 0.2) is 0 Å². The monoisotopic (exact) mass is 267 g/mol. The fraction of sp³-hybridized carbons (Fsp3) is 0.500. The average Bonchev–Trinajstić information content (AvgIpc) is 2.42. The topological polar surface area (TPSA) is 70.8 Å². The van der Waals surface area contributed by atoms with Crippen LogP contribution in [0.2, 0.25) is 0 Å². The molecular weight excluding hydrogens is 246 g/mol. The van der Waals surface area contributed by atoms with Crippen LogP contribution in [0.15, 0.2) is 18.2 Å². The molecule has 0 heterocycles. The largest absolute Gasteiger partial charge is 0.497 e. The summed E-state index contributed by atoms with van der Waals surface area (Å²) in [6.07, 6.45) is 0.941. The van der Waals surface area contributed by atoms with E-state index < -0.39 is 0 Å². The van der Waals surface area contributed by atoms with Crippen LogP contribution in [-0.4, -0.2) is 26.8 Å². The predicted octanol–water partition coefficient (Wildman–Crippen LogP) is 2.05. The third-order valence-corrected chi connectivity index (χ3v) is 2.72. The molecule has 106 valence electrons. The highest BCUT2D eigenvalue weighted by atomic mass is 16.5. The van der Waals surface area contributed by atoms with Gasteiger partial charge in [-0.25, -0.2) is 0 Å². The van der Waals surface area contributed by atoms with Gasteiger partial charge in [0.1, 0.15) is 11.5 Å². The van der Waals surface area contributed by atoms with Crippen LogP contribution in [0, 0.1) is 0 Å². The Kier molecular flexibility index (Phi) is 6.15. The third-order valence-electron chi connectivity index (χ3n) is 2.72. The molecule has 0 saturated carbocycles. The number of benzene rings is 1. The van der Waals surface area contributed by atoms with Crippen molar-refractivity contribution in [2.45, 2.75) is 25.8 Å². The summed E-state index contributed by atoms with van der Waals surface area (Å²) in [7, 11) is 2.97. The summed E-state index contributed by atoms with van der Waals surface area (Å²) < 4.78 is 15.4. The second-order valence-corrected chi connectivity index (χ2v) is 4.22. The highest BCUT2D eigenvalue weighted by Crippen LogP contribution is 2.28. The van der Waals surface area contributed by atoms with Crippen molar-refractivity contribution in [3.63, 3.8) is 0 Å². The van der Waals surface area contributed by atoms with E-state index in [9.17, 15) is 4.79 Å². The SMILES string of the molecule is COC(=O)CCCOc1cc(OC)ccc1[C@H](C)N. The zero-order valence-electron chi connectivity index (χ0n) is 11.6. The number of ether oxygens (including phenoxy) is 3. The lowest BCUT2D eigenvalue weighted by molar-refractivity contribution is -0.140. The summed E-state index contributed by atoms with van der Waals surface area (Å²) in [6.45, 7) is 2.32. The van der Waals surface area contributed by atoms with Crippen molar-refractivity contribution in [3.8, 4) is 11.5 Å². The fourth-order valence-electron chi connectivity index (χ4n) is 1.64. The Labute approximate surface area is 113 Å². The Morgan fingerprint density at radius 1 is 1.37 bits per heavy atom. The van der Waals surface area contributed by atoms with E-state index in [0.717, 1.165) is 5.56 Å². The molecule has 1 atom stereocenters. The highest BCUT2D eigenvalue weighted by molar-refractivity contribution is 5.69. The first-order valence-electron chi connectivity index (χ1n) is 6.21. The second kappa shape index (κ2) is 7.63. The van der Waals surface area contributed by atoms with Gasteiger partial charge in [0.2, 0.25) is 0 Å². The van der Waals surface area contributed by atoms with Crippen LogP contribution in [-0.2, 0) is 9.53 Å². The highest BCUT2D eigenvalue weighted by Gasteiger charge is 2.10. The molecule has 5 heteroatoms. The van der Waals surface area contributed by atoms with Crippen molar-refractivity contribution < 1.29 is 19.0 Å². The summed E-state index contributed by atoms with van der Waals surface area (Å²) in [5, 5.41) is 0. The number of hydrogen-bond acceptors (Lipinski definition) is 5. The molecule has 0 aliphatic carbocycles. The van der Waals surface area contributed by atoms with Gasteiger partial charge in [0.05, 0.1) is 20.8 Å². The quantitative estimate of drug-likeness (QED) is 0.604. The van der Waals surface area contributed by atoms with Crippen molar-refractivity contribution in [3.05, 3.63) is 23.8 Å². The standard InChI is InChI=1S/C14H21NO4/c1-10(15)12-7-6-11(17-2)9-13(12)19-8-4-5-14(16)18-3/h6-7,9-10H,4-5,8,15H2,1-3H3/t10-/m0/s1.